The zero-order chi connectivity index (χ0) is 10.1. The van der Waals surface area contributed by atoms with E-state index in [1.807, 2.05) is 6.07 Å². The molecule has 1 aliphatic rings. The van der Waals surface area contributed by atoms with Crippen molar-refractivity contribution in [2.75, 3.05) is 7.11 Å². The van der Waals surface area contributed by atoms with Gasteiger partial charge in [-0.15, -0.1) is 0 Å². The van der Waals surface area contributed by atoms with Gasteiger partial charge < -0.3 is 10.5 Å². The Kier molecular flexibility index (Phi) is 2.79. The van der Waals surface area contributed by atoms with Crippen LogP contribution in [0.15, 0.2) is 16.6 Å². The number of nitrogens with two attached hydrogens (primary N) is 1. The molecule has 0 saturated carbocycles. The number of ether oxygens (including phenoxy) is 1. The molecule has 0 fully saturated rings. The quantitative estimate of drug-likeness (QED) is 0.838. The molecule has 0 aliphatic heterocycles. The summed E-state index contributed by atoms with van der Waals surface area (Å²) in [7, 11) is 1.71. The molecule has 0 saturated heterocycles. The van der Waals surface area contributed by atoms with E-state index in [1.54, 1.807) is 7.11 Å². The number of benzene rings is 1. The van der Waals surface area contributed by atoms with Gasteiger partial charge in [0.05, 0.1) is 11.6 Å². The van der Waals surface area contributed by atoms with Gasteiger partial charge in [-0.2, -0.15) is 0 Å². The Bertz CT molecular complexity index is 351. The Labute approximate surface area is 92.6 Å². The fraction of sp³-hybridized carbons (Fsp3) is 0.455. The first kappa shape index (κ1) is 9.99. The van der Waals surface area contributed by atoms with Crippen molar-refractivity contribution in [1.29, 1.82) is 0 Å². The van der Waals surface area contributed by atoms with Crippen LogP contribution < -0.4 is 10.5 Å². The Morgan fingerprint density at radius 2 is 2.29 bits per heavy atom. The van der Waals surface area contributed by atoms with Gasteiger partial charge in [0.25, 0.3) is 0 Å². The molecule has 2 N–H and O–H groups in total. The summed E-state index contributed by atoms with van der Waals surface area (Å²) in [6, 6.07) is 4.30. The molecular formula is C11H14BrNO. The molecule has 2 rings (SSSR count). The third-order valence-corrected chi connectivity index (χ3v) is 3.42. The zero-order valence-corrected chi connectivity index (χ0v) is 9.80. The molecule has 0 spiro atoms. The molecule has 2 nitrogen and oxygen atoms in total. The van der Waals surface area contributed by atoms with E-state index in [9.17, 15) is 0 Å². The number of hydrogen-bond donors (Lipinski definition) is 1. The summed E-state index contributed by atoms with van der Waals surface area (Å²) in [4.78, 5) is 0. The molecule has 0 heterocycles. The van der Waals surface area contributed by atoms with Gasteiger partial charge in [-0.05, 0) is 46.8 Å². The third kappa shape index (κ3) is 1.55. The lowest BCUT2D eigenvalue weighted by molar-refractivity contribution is 0.400. The molecule has 0 radical (unpaired) electrons. The lowest BCUT2D eigenvalue weighted by Gasteiger charge is -2.24. The highest BCUT2D eigenvalue weighted by Crippen LogP contribution is 2.38. The first-order valence-electron chi connectivity index (χ1n) is 4.85. The summed E-state index contributed by atoms with van der Waals surface area (Å²) in [5.74, 6) is 0.956. The maximum atomic E-state index is 6.05. The minimum absolute atomic E-state index is 0.181. The standard InChI is InChI=1S/C11H14BrNO/c1-14-11-8-3-2-4-10(13)7(8)5-6-9(11)12/h5-6,10H,2-4,13H2,1H3/t10-/m1/s1. The summed E-state index contributed by atoms with van der Waals surface area (Å²) in [5, 5.41) is 0. The number of halogens is 1. The molecule has 1 aromatic carbocycles. The van der Waals surface area contributed by atoms with Crippen molar-refractivity contribution < 1.29 is 4.74 Å². The summed E-state index contributed by atoms with van der Waals surface area (Å²) in [5.41, 5.74) is 8.57. The predicted octanol–water partition coefficient (Wildman–Crippen LogP) is 2.79. The SMILES string of the molecule is COc1c(Br)ccc2c1CCC[C@H]2N. The van der Waals surface area contributed by atoms with E-state index in [4.69, 9.17) is 10.5 Å². The average Bonchev–Trinajstić information content (AvgIpc) is 2.18. The number of methoxy groups -OCH3 is 1. The normalized spacial score (nSPS) is 20.4. The second-order valence-corrected chi connectivity index (χ2v) is 4.50. The van der Waals surface area contributed by atoms with Gasteiger partial charge in [-0.3, -0.25) is 0 Å². The van der Waals surface area contributed by atoms with Gasteiger partial charge in [0.1, 0.15) is 5.75 Å². The average molecular weight is 256 g/mol. The van der Waals surface area contributed by atoms with Crippen LogP contribution in [-0.4, -0.2) is 7.11 Å². The molecule has 1 aromatic rings. The van der Waals surface area contributed by atoms with Crippen LogP contribution in [-0.2, 0) is 6.42 Å². The third-order valence-electron chi connectivity index (χ3n) is 2.79. The van der Waals surface area contributed by atoms with E-state index in [0.29, 0.717) is 0 Å². The van der Waals surface area contributed by atoms with E-state index >= 15 is 0 Å². The van der Waals surface area contributed by atoms with Gasteiger partial charge in [-0.1, -0.05) is 6.07 Å². The minimum atomic E-state index is 0.181. The Hall–Kier alpha value is -0.540. The number of hydrogen-bond acceptors (Lipinski definition) is 2. The smallest absolute Gasteiger partial charge is 0.136 e. The van der Waals surface area contributed by atoms with Crippen molar-refractivity contribution in [1.82, 2.24) is 0 Å². The van der Waals surface area contributed by atoms with Gasteiger partial charge in [0.2, 0.25) is 0 Å². The maximum absolute atomic E-state index is 6.05. The van der Waals surface area contributed by atoms with Crippen LogP contribution in [0.2, 0.25) is 0 Å². The van der Waals surface area contributed by atoms with Gasteiger partial charge in [0, 0.05) is 11.6 Å². The van der Waals surface area contributed by atoms with Crippen molar-refractivity contribution >= 4 is 15.9 Å². The van der Waals surface area contributed by atoms with Crippen LogP contribution in [0, 0.1) is 0 Å². The summed E-state index contributed by atoms with van der Waals surface area (Å²) >= 11 is 3.49. The van der Waals surface area contributed by atoms with Crippen LogP contribution in [0.25, 0.3) is 0 Å². The lowest BCUT2D eigenvalue weighted by Crippen LogP contribution is -2.18. The first-order chi connectivity index (χ1) is 6.74. The fourth-order valence-corrected chi connectivity index (χ4v) is 2.63. The van der Waals surface area contributed by atoms with Crippen LogP contribution in [0.5, 0.6) is 5.75 Å². The second kappa shape index (κ2) is 3.91. The highest BCUT2D eigenvalue weighted by atomic mass is 79.9. The number of rotatable bonds is 1. The summed E-state index contributed by atoms with van der Waals surface area (Å²) in [6.45, 7) is 0. The highest BCUT2D eigenvalue weighted by molar-refractivity contribution is 9.10. The van der Waals surface area contributed by atoms with Crippen LogP contribution >= 0.6 is 15.9 Å². The molecule has 0 unspecified atom stereocenters. The monoisotopic (exact) mass is 255 g/mol. The molecule has 14 heavy (non-hydrogen) atoms. The highest BCUT2D eigenvalue weighted by Gasteiger charge is 2.21. The van der Waals surface area contributed by atoms with Crippen LogP contribution in [0.1, 0.15) is 30.0 Å². The van der Waals surface area contributed by atoms with Gasteiger partial charge >= 0.3 is 0 Å². The molecule has 76 valence electrons. The van der Waals surface area contributed by atoms with E-state index in [-0.39, 0.29) is 6.04 Å². The van der Waals surface area contributed by atoms with Crippen molar-refractivity contribution in [3.63, 3.8) is 0 Å². The maximum Gasteiger partial charge on any atom is 0.136 e. The molecule has 0 bridgehead atoms. The molecule has 3 heteroatoms. The molecule has 1 aliphatic carbocycles. The molecule has 1 atom stereocenters. The largest absolute Gasteiger partial charge is 0.495 e. The van der Waals surface area contributed by atoms with Crippen molar-refractivity contribution in [2.45, 2.75) is 25.3 Å². The van der Waals surface area contributed by atoms with E-state index in [0.717, 1.165) is 29.5 Å². The van der Waals surface area contributed by atoms with Crippen LogP contribution in [0.4, 0.5) is 0 Å². The summed E-state index contributed by atoms with van der Waals surface area (Å²) < 4.78 is 6.41. The Balaban J connectivity index is 2.55. The van der Waals surface area contributed by atoms with E-state index in [2.05, 4.69) is 22.0 Å². The first-order valence-corrected chi connectivity index (χ1v) is 5.64. The summed E-state index contributed by atoms with van der Waals surface area (Å²) in [6.07, 6.45) is 3.31. The van der Waals surface area contributed by atoms with Crippen molar-refractivity contribution in [3.05, 3.63) is 27.7 Å². The Morgan fingerprint density at radius 3 is 3.00 bits per heavy atom. The van der Waals surface area contributed by atoms with E-state index < -0.39 is 0 Å². The predicted molar refractivity (Wildman–Crippen MR) is 60.6 cm³/mol. The Morgan fingerprint density at radius 1 is 1.50 bits per heavy atom. The van der Waals surface area contributed by atoms with Crippen LogP contribution in [0.3, 0.4) is 0 Å². The molecule has 0 amide bonds. The second-order valence-electron chi connectivity index (χ2n) is 3.65. The lowest BCUT2D eigenvalue weighted by atomic mass is 9.88. The fourth-order valence-electron chi connectivity index (χ4n) is 2.09. The van der Waals surface area contributed by atoms with E-state index in [1.165, 1.54) is 11.1 Å². The van der Waals surface area contributed by atoms with Gasteiger partial charge in [-0.25, -0.2) is 0 Å². The van der Waals surface area contributed by atoms with Crippen molar-refractivity contribution in [2.24, 2.45) is 5.73 Å². The molecule has 0 aromatic heterocycles. The number of fused-ring (bicyclic) bond motifs is 1. The topological polar surface area (TPSA) is 35.2 Å². The zero-order valence-electron chi connectivity index (χ0n) is 8.22. The molecular weight excluding hydrogens is 242 g/mol. The van der Waals surface area contributed by atoms with Gasteiger partial charge in [0.15, 0.2) is 0 Å². The van der Waals surface area contributed by atoms with Crippen molar-refractivity contribution in [3.8, 4) is 5.75 Å². The minimum Gasteiger partial charge on any atom is -0.495 e.